The number of rotatable bonds is 2. The zero-order valence-corrected chi connectivity index (χ0v) is 11.0. The first-order valence-corrected chi connectivity index (χ1v) is 6.51. The Morgan fingerprint density at radius 2 is 1.95 bits per heavy atom. The standard InChI is InChI=1S/C14H17NO5/c1-18-14-11(17)10(16)12-9(19-14)7-15-13(20-12)8-5-3-2-4-6-8/h2-6,9-12,14,16-17H,7H2,1H3/t9-,10-,11-,12-,14+/m1/s1. The Morgan fingerprint density at radius 3 is 2.65 bits per heavy atom. The molecule has 5 atom stereocenters. The highest BCUT2D eigenvalue weighted by Crippen LogP contribution is 2.27. The molecule has 108 valence electrons. The number of methoxy groups -OCH3 is 1. The SMILES string of the molecule is CO[C@H]1O[C@@H]2CN=C(c3ccccc3)O[C@H]2[C@H](O)[C@H]1O. The summed E-state index contributed by atoms with van der Waals surface area (Å²) in [5.74, 6) is 0.456. The van der Waals surface area contributed by atoms with E-state index in [0.29, 0.717) is 12.4 Å². The molecule has 1 saturated heterocycles. The third-order valence-electron chi connectivity index (χ3n) is 3.56. The molecule has 0 unspecified atom stereocenters. The number of fused-ring (bicyclic) bond motifs is 1. The number of nitrogens with zero attached hydrogens (tertiary/aromatic N) is 1. The van der Waals surface area contributed by atoms with Crippen LogP contribution in [0.4, 0.5) is 0 Å². The topological polar surface area (TPSA) is 80.5 Å². The molecule has 2 heterocycles. The minimum absolute atomic E-state index is 0.360. The Hall–Kier alpha value is -1.47. The minimum Gasteiger partial charge on any atom is -0.468 e. The van der Waals surface area contributed by atoms with Gasteiger partial charge in [0.15, 0.2) is 12.4 Å². The molecule has 2 N–H and O–H groups in total. The maximum Gasteiger partial charge on any atom is 0.216 e. The lowest BCUT2D eigenvalue weighted by molar-refractivity contribution is -0.287. The van der Waals surface area contributed by atoms with E-state index in [4.69, 9.17) is 14.2 Å². The van der Waals surface area contributed by atoms with E-state index in [9.17, 15) is 10.2 Å². The van der Waals surface area contributed by atoms with Gasteiger partial charge in [-0.25, -0.2) is 4.99 Å². The predicted octanol–water partition coefficient (Wildman–Crippen LogP) is -0.0749. The minimum atomic E-state index is -1.14. The molecule has 1 fully saturated rings. The Balaban J connectivity index is 1.81. The van der Waals surface area contributed by atoms with Gasteiger partial charge in [-0.2, -0.15) is 0 Å². The number of ether oxygens (including phenoxy) is 3. The van der Waals surface area contributed by atoms with Gasteiger partial charge in [0.1, 0.15) is 18.3 Å². The predicted molar refractivity (Wildman–Crippen MR) is 70.4 cm³/mol. The number of hydrogen-bond donors (Lipinski definition) is 2. The van der Waals surface area contributed by atoms with Crippen molar-refractivity contribution in [1.29, 1.82) is 0 Å². The van der Waals surface area contributed by atoms with E-state index in [1.807, 2.05) is 30.3 Å². The van der Waals surface area contributed by atoms with Crippen LogP contribution in [0.5, 0.6) is 0 Å². The van der Waals surface area contributed by atoms with Crippen molar-refractivity contribution >= 4 is 5.90 Å². The van der Waals surface area contributed by atoms with E-state index in [2.05, 4.69) is 4.99 Å². The second kappa shape index (κ2) is 5.49. The molecule has 2 aliphatic rings. The van der Waals surface area contributed by atoms with Gasteiger partial charge in [0, 0.05) is 12.7 Å². The van der Waals surface area contributed by atoms with Crippen LogP contribution in [0.25, 0.3) is 0 Å². The zero-order chi connectivity index (χ0) is 14.1. The largest absolute Gasteiger partial charge is 0.468 e. The first kappa shape index (κ1) is 13.5. The van der Waals surface area contributed by atoms with Gasteiger partial charge in [-0.3, -0.25) is 0 Å². The van der Waals surface area contributed by atoms with Gasteiger partial charge in [0.2, 0.25) is 5.90 Å². The van der Waals surface area contributed by atoms with Gasteiger partial charge in [-0.05, 0) is 12.1 Å². The van der Waals surface area contributed by atoms with Crippen LogP contribution in [-0.2, 0) is 14.2 Å². The molecule has 6 heteroatoms. The Labute approximate surface area is 116 Å². The molecule has 0 bridgehead atoms. The zero-order valence-electron chi connectivity index (χ0n) is 11.0. The highest BCUT2D eigenvalue weighted by atomic mass is 16.7. The van der Waals surface area contributed by atoms with E-state index in [1.165, 1.54) is 7.11 Å². The van der Waals surface area contributed by atoms with Gasteiger partial charge in [0.25, 0.3) is 0 Å². The quantitative estimate of drug-likeness (QED) is 0.792. The van der Waals surface area contributed by atoms with Crippen molar-refractivity contribution in [3.8, 4) is 0 Å². The van der Waals surface area contributed by atoms with Gasteiger partial charge >= 0.3 is 0 Å². The first-order valence-electron chi connectivity index (χ1n) is 6.51. The smallest absolute Gasteiger partial charge is 0.216 e. The summed E-state index contributed by atoms with van der Waals surface area (Å²) in [7, 11) is 1.42. The van der Waals surface area contributed by atoms with Gasteiger partial charge in [-0.15, -0.1) is 0 Å². The second-order valence-electron chi connectivity index (χ2n) is 4.85. The van der Waals surface area contributed by atoms with Crippen LogP contribution in [0.1, 0.15) is 5.56 Å². The summed E-state index contributed by atoms with van der Waals surface area (Å²) in [5, 5.41) is 20.1. The van der Waals surface area contributed by atoms with Crippen LogP contribution < -0.4 is 0 Å². The average Bonchev–Trinajstić information content (AvgIpc) is 2.51. The van der Waals surface area contributed by atoms with Crippen molar-refractivity contribution in [3.05, 3.63) is 35.9 Å². The molecule has 0 aromatic heterocycles. The van der Waals surface area contributed by atoms with Crippen LogP contribution in [0.3, 0.4) is 0 Å². The molecule has 0 saturated carbocycles. The van der Waals surface area contributed by atoms with Crippen molar-refractivity contribution in [1.82, 2.24) is 0 Å². The molecule has 20 heavy (non-hydrogen) atoms. The lowest BCUT2D eigenvalue weighted by atomic mass is 9.97. The maximum absolute atomic E-state index is 10.1. The number of hydrogen-bond acceptors (Lipinski definition) is 6. The summed E-state index contributed by atoms with van der Waals surface area (Å²) < 4.78 is 16.3. The highest BCUT2D eigenvalue weighted by molar-refractivity contribution is 5.94. The number of aliphatic hydroxyl groups excluding tert-OH is 2. The third-order valence-corrected chi connectivity index (χ3v) is 3.56. The molecule has 3 rings (SSSR count). The Kier molecular flexibility index (Phi) is 3.71. The lowest BCUT2D eigenvalue weighted by Crippen LogP contribution is -2.61. The normalized spacial score (nSPS) is 36.8. The summed E-state index contributed by atoms with van der Waals surface area (Å²) in [6, 6.07) is 9.43. The summed E-state index contributed by atoms with van der Waals surface area (Å²) in [4.78, 5) is 4.33. The summed E-state index contributed by atoms with van der Waals surface area (Å²) in [6.45, 7) is 0.360. The summed E-state index contributed by atoms with van der Waals surface area (Å²) in [6.07, 6.45) is -4.15. The molecule has 2 aliphatic heterocycles. The molecule has 6 nitrogen and oxygen atoms in total. The van der Waals surface area contributed by atoms with E-state index in [1.54, 1.807) is 0 Å². The lowest BCUT2D eigenvalue weighted by Gasteiger charge is -2.43. The summed E-state index contributed by atoms with van der Waals surface area (Å²) in [5.41, 5.74) is 0.835. The molecule has 0 radical (unpaired) electrons. The van der Waals surface area contributed by atoms with E-state index in [-0.39, 0.29) is 0 Å². The van der Waals surface area contributed by atoms with Crippen LogP contribution in [0, 0.1) is 0 Å². The molecule has 1 aromatic carbocycles. The van der Waals surface area contributed by atoms with Crippen molar-refractivity contribution in [3.63, 3.8) is 0 Å². The number of aliphatic hydroxyl groups is 2. The molecule has 0 amide bonds. The third kappa shape index (κ3) is 2.31. The molecular weight excluding hydrogens is 262 g/mol. The van der Waals surface area contributed by atoms with Gasteiger partial charge in [-0.1, -0.05) is 18.2 Å². The van der Waals surface area contributed by atoms with Crippen LogP contribution >= 0.6 is 0 Å². The monoisotopic (exact) mass is 279 g/mol. The van der Waals surface area contributed by atoms with Crippen molar-refractivity contribution in [2.75, 3.05) is 13.7 Å². The Morgan fingerprint density at radius 1 is 1.20 bits per heavy atom. The fourth-order valence-corrected chi connectivity index (χ4v) is 2.47. The Bertz CT molecular complexity index is 492. The van der Waals surface area contributed by atoms with Crippen molar-refractivity contribution in [2.24, 2.45) is 4.99 Å². The number of aliphatic imine (C=N–C) groups is 1. The molecule has 0 spiro atoms. The van der Waals surface area contributed by atoms with Crippen molar-refractivity contribution < 1.29 is 24.4 Å². The second-order valence-corrected chi connectivity index (χ2v) is 4.85. The average molecular weight is 279 g/mol. The summed E-state index contributed by atoms with van der Waals surface area (Å²) >= 11 is 0. The van der Waals surface area contributed by atoms with Crippen molar-refractivity contribution in [2.45, 2.75) is 30.7 Å². The molecular formula is C14H17NO5. The fourth-order valence-electron chi connectivity index (χ4n) is 2.47. The number of benzene rings is 1. The molecule has 1 aromatic rings. The van der Waals surface area contributed by atoms with E-state index < -0.39 is 30.7 Å². The molecule has 0 aliphatic carbocycles. The fraction of sp³-hybridized carbons (Fsp3) is 0.500. The van der Waals surface area contributed by atoms with Crippen LogP contribution in [0.2, 0.25) is 0 Å². The maximum atomic E-state index is 10.1. The highest BCUT2D eigenvalue weighted by Gasteiger charge is 2.48. The first-order chi connectivity index (χ1) is 9.70. The van der Waals surface area contributed by atoms with E-state index >= 15 is 0 Å². The van der Waals surface area contributed by atoms with Crippen LogP contribution in [0.15, 0.2) is 35.3 Å². The van der Waals surface area contributed by atoms with Gasteiger partial charge in [0.05, 0.1) is 6.54 Å². The van der Waals surface area contributed by atoms with E-state index in [0.717, 1.165) is 5.56 Å². The van der Waals surface area contributed by atoms with Crippen LogP contribution in [-0.4, -0.2) is 60.5 Å². The van der Waals surface area contributed by atoms with Gasteiger partial charge < -0.3 is 24.4 Å².